The third kappa shape index (κ3) is 4.46. The van der Waals surface area contributed by atoms with Gasteiger partial charge in [-0.05, 0) is 48.4 Å². The summed E-state index contributed by atoms with van der Waals surface area (Å²) in [6.45, 7) is 3.38. The van der Waals surface area contributed by atoms with E-state index in [1.807, 2.05) is 18.2 Å². The van der Waals surface area contributed by atoms with Crippen LogP contribution in [0, 0.1) is 0 Å². The number of rotatable bonds is 6. The predicted octanol–water partition coefficient (Wildman–Crippen LogP) is 5.66. The zero-order valence-electron chi connectivity index (χ0n) is 18.4. The molecule has 4 aromatic rings. The fourth-order valence-corrected chi connectivity index (χ4v) is 4.54. The van der Waals surface area contributed by atoms with Gasteiger partial charge < -0.3 is 9.47 Å². The van der Waals surface area contributed by atoms with Gasteiger partial charge in [-0.25, -0.2) is 4.98 Å². The molecule has 2 heterocycles. The average molecular weight is 425 g/mol. The van der Waals surface area contributed by atoms with Gasteiger partial charge in [0, 0.05) is 30.0 Å². The lowest BCUT2D eigenvalue weighted by Crippen LogP contribution is -2.28. The molecule has 5 rings (SSSR count). The zero-order chi connectivity index (χ0) is 21.8. The fourth-order valence-electron chi connectivity index (χ4n) is 4.54. The lowest BCUT2D eigenvalue weighted by molar-refractivity contribution is 0.219. The van der Waals surface area contributed by atoms with E-state index in [9.17, 15) is 0 Å². The number of fused-ring (bicyclic) bond motifs is 2. The van der Waals surface area contributed by atoms with Crippen LogP contribution in [0.15, 0.2) is 84.9 Å². The number of hydrogen-bond donors (Lipinski definition) is 0. The van der Waals surface area contributed by atoms with Gasteiger partial charge in [0.15, 0.2) is 0 Å². The molecule has 32 heavy (non-hydrogen) atoms. The molecule has 0 radical (unpaired) electrons. The maximum Gasteiger partial charge on any atom is 0.218 e. The maximum atomic E-state index is 6.04. The van der Waals surface area contributed by atoms with Crippen LogP contribution in [-0.4, -0.2) is 36.7 Å². The standard InChI is InChI=1S/C28H28N2O2/c1-31-25-12-13-27-23(19-25)18-24-20-30(16-17-32-28(24)29-27)15-14-26(21-8-4-2-5-9-21)22-10-6-3-7-11-22/h2-13,18-19,26H,14-17,20H2,1H3. The summed E-state index contributed by atoms with van der Waals surface area (Å²) in [5, 5.41) is 1.08. The van der Waals surface area contributed by atoms with Crippen LogP contribution in [0.1, 0.15) is 29.0 Å². The summed E-state index contributed by atoms with van der Waals surface area (Å²) < 4.78 is 11.4. The Morgan fingerprint density at radius 2 is 1.66 bits per heavy atom. The zero-order valence-corrected chi connectivity index (χ0v) is 18.4. The molecule has 162 valence electrons. The molecule has 0 unspecified atom stereocenters. The van der Waals surface area contributed by atoms with Gasteiger partial charge in [0.2, 0.25) is 5.88 Å². The average Bonchev–Trinajstić information content (AvgIpc) is 3.05. The van der Waals surface area contributed by atoms with Crippen molar-refractivity contribution in [2.24, 2.45) is 0 Å². The Morgan fingerprint density at radius 3 is 2.34 bits per heavy atom. The molecule has 3 aromatic carbocycles. The molecule has 0 fully saturated rings. The molecule has 0 amide bonds. The quantitative estimate of drug-likeness (QED) is 0.400. The first kappa shape index (κ1) is 20.5. The number of nitrogens with zero attached hydrogens (tertiary/aromatic N) is 2. The third-order valence-electron chi connectivity index (χ3n) is 6.24. The highest BCUT2D eigenvalue weighted by molar-refractivity contribution is 5.81. The number of methoxy groups -OCH3 is 1. The van der Waals surface area contributed by atoms with Crippen molar-refractivity contribution in [1.82, 2.24) is 9.88 Å². The third-order valence-corrected chi connectivity index (χ3v) is 6.24. The molecule has 4 heteroatoms. The van der Waals surface area contributed by atoms with Crippen LogP contribution in [0.4, 0.5) is 0 Å². The van der Waals surface area contributed by atoms with Crippen LogP contribution in [0.3, 0.4) is 0 Å². The van der Waals surface area contributed by atoms with Crippen LogP contribution in [-0.2, 0) is 6.54 Å². The van der Waals surface area contributed by atoms with E-state index in [2.05, 4.69) is 71.6 Å². The Hall–Kier alpha value is -3.37. The highest BCUT2D eigenvalue weighted by Gasteiger charge is 2.20. The van der Waals surface area contributed by atoms with E-state index in [0.29, 0.717) is 12.5 Å². The van der Waals surface area contributed by atoms with E-state index in [1.165, 1.54) is 11.1 Å². The van der Waals surface area contributed by atoms with Crippen molar-refractivity contribution in [2.45, 2.75) is 18.9 Å². The van der Waals surface area contributed by atoms with Crippen molar-refractivity contribution in [3.05, 3.63) is 102 Å². The number of aromatic nitrogens is 1. The molecule has 0 atom stereocenters. The Bertz CT molecular complexity index is 1140. The lowest BCUT2D eigenvalue weighted by Gasteiger charge is -2.24. The first-order chi connectivity index (χ1) is 15.8. The van der Waals surface area contributed by atoms with Gasteiger partial charge in [0.25, 0.3) is 0 Å². The van der Waals surface area contributed by atoms with Gasteiger partial charge in [-0.15, -0.1) is 0 Å². The molecule has 0 N–H and O–H groups in total. The topological polar surface area (TPSA) is 34.6 Å². The summed E-state index contributed by atoms with van der Waals surface area (Å²) in [6, 6.07) is 29.8. The summed E-state index contributed by atoms with van der Waals surface area (Å²) in [4.78, 5) is 7.26. The van der Waals surface area contributed by atoms with E-state index in [-0.39, 0.29) is 0 Å². The van der Waals surface area contributed by atoms with Crippen LogP contribution in [0.5, 0.6) is 11.6 Å². The molecule has 0 saturated carbocycles. The largest absolute Gasteiger partial charge is 0.497 e. The second-order valence-electron chi connectivity index (χ2n) is 8.30. The van der Waals surface area contributed by atoms with Crippen molar-refractivity contribution >= 4 is 10.9 Å². The van der Waals surface area contributed by atoms with Crippen molar-refractivity contribution in [3.63, 3.8) is 0 Å². The molecule has 1 aromatic heterocycles. The molecular weight excluding hydrogens is 396 g/mol. The summed E-state index contributed by atoms with van der Waals surface area (Å²) in [5.41, 5.74) is 4.81. The SMILES string of the molecule is COc1ccc2nc3c(cc2c1)CN(CCC(c1ccccc1)c1ccccc1)CCO3. The van der Waals surface area contributed by atoms with Crippen molar-refractivity contribution in [3.8, 4) is 11.6 Å². The highest BCUT2D eigenvalue weighted by Crippen LogP contribution is 2.31. The summed E-state index contributed by atoms with van der Waals surface area (Å²) in [7, 11) is 1.69. The van der Waals surface area contributed by atoms with Crippen molar-refractivity contribution in [1.29, 1.82) is 0 Å². The van der Waals surface area contributed by atoms with Crippen molar-refractivity contribution < 1.29 is 9.47 Å². The van der Waals surface area contributed by atoms with Crippen LogP contribution >= 0.6 is 0 Å². The van der Waals surface area contributed by atoms with Gasteiger partial charge in [-0.1, -0.05) is 60.7 Å². The van der Waals surface area contributed by atoms with E-state index >= 15 is 0 Å². The molecule has 0 bridgehead atoms. The van der Waals surface area contributed by atoms with Gasteiger partial charge in [-0.3, -0.25) is 4.90 Å². The summed E-state index contributed by atoms with van der Waals surface area (Å²) in [5.74, 6) is 1.98. The van der Waals surface area contributed by atoms with Gasteiger partial charge in [-0.2, -0.15) is 0 Å². The van der Waals surface area contributed by atoms with Gasteiger partial charge >= 0.3 is 0 Å². The number of pyridine rings is 1. The minimum absolute atomic E-state index is 0.375. The molecule has 0 saturated heterocycles. The van der Waals surface area contributed by atoms with Crippen LogP contribution < -0.4 is 9.47 Å². The normalized spacial score (nSPS) is 14.1. The number of benzene rings is 3. The minimum Gasteiger partial charge on any atom is -0.497 e. The van der Waals surface area contributed by atoms with Gasteiger partial charge in [0.1, 0.15) is 12.4 Å². The first-order valence-corrected chi connectivity index (χ1v) is 11.2. The summed E-state index contributed by atoms with van der Waals surface area (Å²) in [6.07, 6.45) is 1.05. The molecule has 1 aliphatic rings. The lowest BCUT2D eigenvalue weighted by atomic mass is 9.88. The van der Waals surface area contributed by atoms with E-state index in [4.69, 9.17) is 14.5 Å². The Balaban J connectivity index is 1.37. The number of ether oxygens (including phenoxy) is 2. The number of hydrogen-bond acceptors (Lipinski definition) is 4. The Labute approximate surface area is 189 Å². The second-order valence-corrected chi connectivity index (χ2v) is 8.30. The van der Waals surface area contributed by atoms with E-state index in [1.54, 1.807) is 7.11 Å². The Kier molecular flexibility index (Phi) is 6.04. The molecule has 0 spiro atoms. The first-order valence-electron chi connectivity index (χ1n) is 11.2. The smallest absolute Gasteiger partial charge is 0.218 e. The van der Waals surface area contributed by atoms with Crippen LogP contribution in [0.2, 0.25) is 0 Å². The van der Waals surface area contributed by atoms with Crippen LogP contribution in [0.25, 0.3) is 10.9 Å². The summed E-state index contributed by atoms with van der Waals surface area (Å²) >= 11 is 0. The predicted molar refractivity (Wildman–Crippen MR) is 128 cm³/mol. The Morgan fingerprint density at radius 1 is 0.938 bits per heavy atom. The minimum atomic E-state index is 0.375. The maximum absolute atomic E-state index is 6.04. The molecular formula is C28H28N2O2. The second kappa shape index (κ2) is 9.41. The monoisotopic (exact) mass is 424 g/mol. The molecule has 1 aliphatic heterocycles. The van der Waals surface area contributed by atoms with Crippen molar-refractivity contribution in [2.75, 3.05) is 26.8 Å². The molecule has 0 aliphatic carbocycles. The fraction of sp³-hybridized carbons (Fsp3) is 0.250. The van der Waals surface area contributed by atoms with Gasteiger partial charge in [0.05, 0.1) is 12.6 Å². The van der Waals surface area contributed by atoms with E-state index in [0.717, 1.165) is 54.2 Å². The van der Waals surface area contributed by atoms with E-state index < -0.39 is 0 Å². The highest BCUT2D eigenvalue weighted by atomic mass is 16.5. The molecule has 4 nitrogen and oxygen atoms in total.